The first-order valence-electron chi connectivity index (χ1n) is 16.3. The van der Waals surface area contributed by atoms with E-state index in [0.29, 0.717) is 48.6 Å². The van der Waals surface area contributed by atoms with Crippen molar-refractivity contribution in [2.75, 3.05) is 51.9 Å². The first-order chi connectivity index (χ1) is 23.1. The van der Waals surface area contributed by atoms with Crippen LogP contribution in [0.25, 0.3) is 11.1 Å². The van der Waals surface area contributed by atoms with Gasteiger partial charge in [0.05, 0.1) is 38.1 Å². The molecule has 2 fully saturated rings. The normalized spacial score (nSPS) is 17.1. The van der Waals surface area contributed by atoms with Crippen molar-refractivity contribution in [2.45, 2.75) is 63.8 Å². The van der Waals surface area contributed by atoms with Gasteiger partial charge in [-0.15, -0.1) is 5.10 Å². The molecule has 1 N–H and O–H groups in total. The number of anilines is 2. The van der Waals surface area contributed by atoms with E-state index in [1.807, 2.05) is 25.3 Å². The standard InChI is InChI=1S/C33H42N10O4/c1-25(21-42-24-35-23-38-42)47-30-17-26(7-8-27(30)18-34)28-19-36-32(37-20-28)39-29-22-43(40-31(29)46-14-6-13-44-2)33(9-4-3-5-10-33)41-11-15-45-16-12-41/h7-8,17,19-20,22-25H,3-6,9-16,21H2,1-2H3,(H,36,37,39). The second kappa shape index (κ2) is 15.3. The topological polar surface area (TPSA) is 150 Å². The zero-order valence-electron chi connectivity index (χ0n) is 27.0. The third-order valence-electron chi connectivity index (χ3n) is 8.67. The summed E-state index contributed by atoms with van der Waals surface area (Å²) in [6.45, 7) is 6.71. The molecule has 1 aliphatic carbocycles. The molecular weight excluding hydrogens is 600 g/mol. The second-order valence-electron chi connectivity index (χ2n) is 11.9. The summed E-state index contributed by atoms with van der Waals surface area (Å²) in [4.78, 5) is 15.8. The average Bonchev–Trinajstić information content (AvgIpc) is 3.78. The Balaban J connectivity index is 1.22. The monoisotopic (exact) mass is 642 g/mol. The van der Waals surface area contributed by atoms with Gasteiger partial charge in [-0.25, -0.2) is 24.3 Å². The minimum Gasteiger partial charge on any atom is -0.487 e. The Hall–Kier alpha value is -4.58. The third-order valence-corrected chi connectivity index (χ3v) is 8.67. The number of rotatable bonds is 14. The number of hydrogen-bond acceptors (Lipinski definition) is 12. The van der Waals surface area contributed by atoms with Crippen LogP contribution in [0.2, 0.25) is 0 Å². The molecule has 1 atom stereocenters. The van der Waals surface area contributed by atoms with Gasteiger partial charge in [-0.05, 0) is 50.3 Å². The van der Waals surface area contributed by atoms with Crippen LogP contribution in [0.5, 0.6) is 11.6 Å². The van der Waals surface area contributed by atoms with Crippen LogP contribution in [0.4, 0.5) is 11.6 Å². The first-order valence-corrected chi connectivity index (χ1v) is 16.3. The number of nitrogens with one attached hydrogen (secondary N) is 1. The van der Waals surface area contributed by atoms with Crippen molar-refractivity contribution < 1.29 is 18.9 Å². The number of methoxy groups -OCH3 is 1. The van der Waals surface area contributed by atoms with Crippen LogP contribution in [0.15, 0.2) is 49.4 Å². The highest BCUT2D eigenvalue weighted by Crippen LogP contribution is 2.40. The Morgan fingerprint density at radius 1 is 1.09 bits per heavy atom. The molecule has 0 bridgehead atoms. The lowest BCUT2D eigenvalue weighted by atomic mass is 9.87. The number of benzene rings is 1. The number of nitrogens with zero attached hydrogens (tertiary/aromatic N) is 9. The fraction of sp³-hybridized carbons (Fsp3) is 0.515. The molecule has 4 aromatic rings. The smallest absolute Gasteiger partial charge is 0.257 e. The molecule has 1 aliphatic heterocycles. The van der Waals surface area contributed by atoms with Crippen LogP contribution in [-0.2, 0) is 21.7 Å². The minimum atomic E-state index is -0.232. The van der Waals surface area contributed by atoms with Crippen LogP contribution in [-0.4, -0.2) is 92.1 Å². The lowest BCUT2D eigenvalue weighted by Crippen LogP contribution is -2.56. The van der Waals surface area contributed by atoms with E-state index < -0.39 is 0 Å². The molecule has 0 amide bonds. The van der Waals surface area contributed by atoms with E-state index in [1.54, 1.807) is 36.6 Å². The molecule has 0 radical (unpaired) electrons. The molecule has 2 aliphatic rings. The maximum Gasteiger partial charge on any atom is 0.257 e. The maximum absolute atomic E-state index is 9.68. The average molecular weight is 643 g/mol. The van der Waals surface area contributed by atoms with Crippen molar-refractivity contribution in [1.82, 2.24) is 39.4 Å². The molecule has 1 aromatic carbocycles. The summed E-state index contributed by atoms with van der Waals surface area (Å²) >= 11 is 0. The highest BCUT2D eigenvalue weighted by molar-refractivity contribution is 5.67. The van der Waals surface area contributed by atoms with Gasteiger partial charge in [-0.2, -0.15) is 10.4 Å². The van der Waals surface area contributed by atoms with Gasteiger partial charge in [0.15, 0.2) is 0 Å². The third kappa shape index (κ3) is 7.70. The summed E-state index contributed by atoms with van der Waals surface area (Å²) < 4.78 is 27.0. The molecular formula is C33H42N10O4. The fourth-order valence-corrected chi connectivity index (χ4v) is 6.32. The Bertz CT molecular complexity index is 1610. The van der Waals surface area contributed by atoms with E-state index in [9.17, 15) is 5.26 Å². The van der Waals surface area contributed by atoms with E-state index in [0.717, 1.165) is 69.5 Å². The van der Waals surface area contributed by atoms with Crippen LogP contribution in [0, 0.1) is 11.3 Å². The summed E-state index contributed by atoms with van der Waals surface area (Å²) in [6.07, 6.45) is 14.7. The lowest BCUT2D eigenvalue weighted by Gasteiger charge is -2.47. The Morgan fingerprint density at radius 3 is 2.62 bits per heavy atom. The largest absolute Gasteiger partial charge is 0.487 e. The van der Waals surface area contributed by atoms with Crippen molar-refractivity contribution in [3.8, 4) is 28.8 Å². The van der Waals surface area contributed by atoms with Crippen molar-refractivity contribution in [1.29, 1.82) is 5.26 Å². The van der Waals surface area contributed by atoms with Crippen LogP contribution in [0.3, 0.4) is 0 Å². The van der Waals surface area contributed by atoms with E-state index in [4.69, 9.17) is 24.0 Å². The van der Waals surface area contributed by atoms with Gasteiger partial charge >= 0.3 is 0 Å². The molecule has 47 heavy (non-hydrogen) atoms. The summed E-state index contributed by atoms with van der Waals surface area (Å²) in [5.41, 5.74) is 2.55. The van der Waals surface area contributed by atoms with Crippen molar-refractivity contribution in [3.63, 3.8) is 0 Å². The van der Waals surface area contributed by atoms with Gasteiger partial charge in [0.1, 0.15) is 41.9 Å². The number of nitriles is 1. The van der Waals surface area contributed by atoms with Gasteiger partial charge in [0.25, 0.3) is 5.88 Å². The molecule has 14 heteroatoms. The molecule has 14 nitrogen and oxygen atoms in total. The van der Waals surface area contributed by atoms with Gasteiger partial charge in [-0.3, -0.25) is 4.90 Å². The Kier molecular flexibility index (Phi) is 10.6. The molecule has 1 saturated carbocycles. The molecule has 1 unspecified atom stereocenters. The van der Waals surface area contributed by atoms with Crippen molar-refractivity contribution >= 4 is 11.6 Å². The summed E-state index contributed by atoms with van der Waals surface area (Å²) in [5.74, 6) is 1.42. The number of ether oxygens (including phenoxy) is 4. The van der Waals surface area contributed by atoms with E-state index in [-0.39, 0.29) is 11.8 Å². The van der Waals surface area contributed by atoms with Gasteiger partial charge in [-0.1, -0.05) is 12.5 Å². The molecule has 1 saturated heterocycles. The van der Waals surface area contributed by atoms with Gasteiger partial charge in [0, 0.05) is 51.2 Å². The molecule has 0 spiro atoms. The molecule has 248 valence electrons. The second-order valence-corrected chi connectivity index (χ2v) is 11.9. The van der Waals surface area contributed by atoms with E-state index in [2.05, 4.69) is 41.0 Å². The van der Waals surface area contributed by atoms with Gasteiger partial charge < -0.3 is 24.3 Å². The fourth-order valence-electron chi connectivity index (χ4n) is 6.32. The number of aromatic nitrogens is 7. The van der Waals surface area contributed by atoms with Crippen molar-refractivity contribution in [2.24, 2.45) is 0 Å². The number of hydrogen-bond donors (Lipinski definition) is 1. The first kappa shape index (κ1) is 32.4. The summed E-state index contributed by atoms with van der Waals surface area (Å²) in [5, 5.41) is 22.2. The van der Waals surface area contributed by atoms with E-state index >= 15 is 0 Å². The zero-order chi connectivity index (χ0) is 32.5. The zero-order valence-corrected chi connectivity index (χ0v) is 27.0. The van der Waals surface area contributed by atoms with Gasteiger partial charge in [0.2, 0.25) is 5.95 Å². The highest BCUT2D eigenvalue weighted by atomic mass is 16.5. The maximum atomic E-state index is 9.68. The molecule has 3 aromatic heterocycles. The Morgan fingerprint density at radius 2 is 1.89 bits per heavy atom. The van der Waals surface area contributed by atoms with Crippen LogP contribution < -0.4 is 14.8 Å². The Labute approximate surface area is 274 Å². The quantitative estimate of drug-likeness (QED) is 0.195. The predicted molar refractivity (Wildman–Crippen MR) is 173 cm³/mol. The summed E-state index contributed by atoms with van der Waals surface area (Å²) in [7, 11) is 1.69. The van der Waals surface area contributed by atoms with Crippen molar-refractivity contribution in [3.05, 3.63) is 55.0 Å². The lowest BCUT2D eigenvalue weighted by molar-refractivity contribution is -0.0836. The van der Waals surface area contributed by atoms with E-state index in [1.165, 1.54) is 12.7 Å². The van der Waals surface area contributed by atoms with Crippen LogP contribution in [0.1, 0.15) is 51.0 Å². The molecule has 4 heterocycles. The number of morpholine rings is 1. The SMILES string of the molecule is COCCCOc1nn(C2(N3CCOCC3)CCCCC2)cc1Nc1ncc(-c2ccc(C#N)c(OC(C)Cn3cncn3)c2)cn1. The predicted octanol–water partition coefficient (Wildman–Crippen LogP) is 4.38. The molecule has 6 rings (SSSR count). The summed E-state index contributed by atoms with van der Waals surface area (Å²) in [6, 6.07) is 7.67. The van der Waals surface area contributed by atoms with Crippen LogP contribution >= 0.6 is 0 Å². The highest BCUT2D eigenvalue weighted by Gasteiger charge is 2.42. The minimum absolute atomic E-state index is 0.223.